The molecule has 0 radical (unpaired) electrons. The summed E-state index contributed by atoms with van der Waals surface area (Å²) in [5.41, 5.74) is 1.60. The molecule has 0 atom stereocenters. The molecule has 0 unspecified atom stereocenters. The highest BCUT2D eigenvalue weighted by Gasteiger charge is 2.18. The Balaban J connectivity index is 2.53. The summed E-state index contributed by atoms with van der Waals surface area (Å²) in [5.74, 6) is 0.837. The van der Waals surface area contributed by atoms with Gasteiger partial charge in [-0.25, -0.2) is 0 Å². The molecule has 1 heterocycles. The number of anilines is 1. The van der Waals surface area contributed by atoms with Gasteiger partial charge in [0.1, 0.15) is 5.75 Å². The van der Waals surface area contributed by atoms with E-state index < -0.39 is 0 Å². The van der Waals surface area contributed by atoms with Crippen LogP contribution in [0.25, 0.3) is 0 Å². The molecule has 3 heteroatoms. The van der Waals surface area contributed by atoms with Crippen LogP contribution in [0, 0.1) is 0 Å². The molecule has 0 fully saturated rings. The van der Waals surface area contributed by atoms with Crippen molar-refractivity contribution in [3.8, 4) is 5.75 Å². The molecule has 0 aliphatic carbocycles. The van der Waals surface area contributed by atoms with Crippen molar-refractivity contribution in [3.63, 3.8) is 0 Å². The highest BCUT2D eigenvalue weighted by Crippen LogP contribution is 2.29. The number of methoxy groups -OCH3 is 1. The molecular weight excluding hydrogens is 178 g/mol. The molecule has 0 saturated carbocycles. The standard InChI is InChI=1S/C11H13NO2/c1-14-10-6-2-4-8-11(10)9(13)5-3-7-12-8/h2,4,6,12H,3,5,7H2,1H3. The fourth-order valence-corrected chi connectivity index (χ4v) is 1.73. The van der Waals surface area contributed by atoms with Gasteiger partial charge in [-0.05, 0) is 18.6 Å². The molecule has 1 aromatic carbocycles. The zero-order valence-electron chi connectivity index (χ0n) is 8.17. The maximum absolute atomic E-state index is 11.8. The van der Waals surface area contributed by atoms with E-state index in [0.29, 0.717) is 17.7 Å². The first-order chi connectivity index (χ1) is 6.83. The van der Waals surface area contributed by atoms with Crippen molar-refractivity contribution in [2.45, 2.75) is 12.8 Å². The Morgan fingerprint density at radius 2 is 2.29 bits per heavy atom. The molecule has 0 saturated heterocycles. The van der Waals surface area contributed by atoms with E-state index in [-0.39, 0.29) is 5.78 Å². The van der Waals surface area contributed by atoms with Crippen LogP contribution in [-0.4, -0.2) is 19.4 Å². The van der Waals surface area contributed by atoms with Gasteiger partial charge in [-0.2, -0.15) is 0 Å². The van der Waals surface area contributed by atoms with Gasteiger partial charge in [0, 0.05) is 18.7 Å². The molecule has 1 N–H and O–H groups in total. The van der Waals surface area contributed by atoms with Crippen molar-refractivity contribution < 1.29 is 9.53 Å². The SMILES string of the molecule is COc1cccc2c1C(=O)CCCN2. The Bertz CT molecular complexity index is 360. The van der Waals surface area contributed by atoms with Crippen molar-refractivity contribution in [2.24, 2.45) is 0 Å². The lowest BCUT2D eigenvalue weighted by Crippen LogP contribution is -2.02. The molecule has 74 valence electrons. The largest absolute Gasteiger partial charge is 0.496 e. The van der Waals surface area contributed by atoms with Crippen molar-refractivity contribution in [3.05, 3.63) is 23.8 Å². The second kappa shape index (κ2) is 3.70. The second-order valence-electron chi connectivity index (χ2n) is 3.34. The fourth-order valence-electron chi connectivity index (χ4n) is 1.73. The number of ketones is 1. The van der Waals surface area contributed by atoms with Crippen LogP contribution in [0.15, 0.2) is 18.2 Å². The molecular formula is C11H13NO2. The lowest BCUT2D eigenvalue weighted by Gasteiger charge is -2.10. The third-order valence-electron chi connectivity index (χ3n) is 2.42. The van der Waals surface area contributed by atoms with E-state index in [9.17, 15) is 4.79 Å². The van der Waals surface area contributed by atoms with E-state index in [0.717, 1.165) is 18.7 Å². The van der Waals surface area contributed by atoms with Crippen LogP contribution in [-0.2, 0) is 0 Å². The predicted octanol–water partition coefficient (Wildman–Crippen LogP) is 2.08. The van der Waals surface area contributed by atoms with Gasteiger partial charge in [-0.15, -0.1) is 0 Å². The molecule has 0 bridgehead atoms. The Morgan fingerprint density at radius 3 is 3.07 bits per heavy atom. The van der Waals surface area contributed by atoms with Crippen LogP contribution in [0.2, 0.25) is 0 Å². The summed E-state index contributed by atoms with van der Waals surface area (Å²) in [6.07, 6.45) is 1.48. The van der Waals surface area contributed by atoms with Crippen LogP contribution in [0.5, 0.6) is 5.75 Å². The maximum Gasteiger partial charge on any atom is 0.168 e. The number of nitrogens with one attached hydrogen (secondary N) is 1. The van der Waals surface area contributed by atoms with E-state index in [1.54, 1.807) is 7.11 Å². The molecule has 14 heavy (non-hydrogen) atoms. The highest BCUT2D eigenvalue weighted by molar-refractivity contribution is 6.04. The monoisotopic (exact) mass is 191 g/mol. The lowest BCUT2D eigenvalue weighted by atomic mass is 10.1. The van der Waals surface area contributed by atoms with Crippen LogP contribution in [0.4, 0.5) is 5.69 Å². The van der Waals surface area contributed by atoms with Crippen molar-refractivity contribution in [1.82, 2.24) is 0 Å². The molecule has 1 aliphatic rings. The summed E-state index contributed by atoms with van der Waals surface area (Å²) >= 11 is 0. The van der Waals surface area contributed by atoms with E-state index in [1.807, 2.05) is 18.2 Å². The van der Waals surface area contributed by atoms with E-state index >= 15 is 0 Å². The smallest absolute Gasteiger partial charge is 0.168 e. The molecule has 0 aromatic heterocycles. The van der Waals surface area contributed by atoms with Crippen LogP contribution >= 0.6 is 0 Å². The quantitative estimate of drug-likeness (QED) is 0.738. The number of fused-ring (bicyclic) bond motifs is 1. The molecule has 3 nitrogen and oxygen atoms in total. The fraction of sp³-hybridized carbons (Fsp3) is 0.364. The van der Waals surface area contributed by atoms with Gasteiger partial charge >= 0.3 is 0 Å². The van der Waals surface area contributed by atoms with Gasteiger partial charge in [0.05, 0.1) is 12.7 Å². The lowest BCUT2D eigenvalue weighted by molar-refractivity contribution is 0.0981. The topological polar surface area (TPSA) is 38.3 Å². The van der Waals surface area contributed by atoms with E-state index in [4.69, 9.17) is 4.74 Å². The highest BCUT2D eigenvalue weighted by atomic mass is 16.5. The predicted molar refractivity (Wildman–Crippen MR) is 55.0 cm³/mol. The van der Waals surface area contributed by atoms with E-state index in [1.165, 1.54) is 0 Å². The third-order valence-corrected chi connectivity index (χ3v) is 2.42. The zero-order chi connectivity index (χ0) is 9.97. The Labute approximate surface area is 83.1 Å². The van der Waals surface area contributed by atoms with Crippen LogP contribution in [0.3, 0.4) is 0 Å². The van der Waals surface area contributed by atoms with Gasteiger partial charge < -0.3 is 10.1 Å². The van der Waals surface area contributed by atoms with Crippen LogP contribution in [0.1, 0.15) is 23.2 Å². The average Bonchev–Trinajstić information content (AvgIpc) is 2.40. The van der Waals surface area contributed by atoms with Crippen molar-refractivity contribution in [2.75, 3.05) is 19.0 Å². The summed E-state index contributed by atoms with van der Waals surface area (Å²) in [6, 6.07) is 5.63. The summed E-state index contributed by atoms with van der Waals surface area (Å²) < 4.78 is 5.18. The molecule has 1 aliphatic heterocycles. The number of Topliss-reactive ketones (excluding diaryl/α,β-unsaturated/α-hetero) is 1. The first kappa shape index (κ1) is 9.06. The summed E-state index contributed by atoms with van der Waals surface area (Å²) in [6.45, 7) is 0.853. The first-order valence-electron chi connectivity index (χ1n) is 4.77. The molecule has 0 amide bonds. The Kier molecular flexibility index (Phi) is 2.39. The number of rotatable bonds is 1. The number of benzene rings is 1. The maximum atomic E-state index is 11.8. The minimum atomic E-state index is 0.169. The molecule has 0 spiro atoms. The number of hydrogen-bond acceptors (Lipinski definition) is 3. The Hall–Kier alpha value is -1.51. The number of carbonyl (C=O) groups excluding carboxylic acids is 1. The third kappa shape index (κ3) is 1.45. The van der Waals surface area contributed by atoms with Gasteiger partial charge in [0.2, 0.25) is 0 Å². The summed E-state index contributed by atoms with van der Waals surface area (Å²) in [5, 5.41) is 3.23. The first-order valence-corrected chi connectivity index (χ1v) is 4.77. The normalized spacial score (nSPS) is 15.4. The van der Waals surface area contributed by atoms with Gasteiger partial charge in [0.15, 0.2) is 5.78 Å². The van der Waals surface area contributed by atoms with Crippen LogP contribution < -0.4 is 10.1 Å². The number of ether oxygens (including phenoxy) is 1. The number of carbonyl (C=O) groups is 1. The minimum absolute atomic E-state index is 0.169. The average molecular weight is 191 g/mol. The van der Waals surface area contributed by atoms with Gasteiger partial charge in [0.25, 0.3) is 0 Å². The number of hydrogen-bond donors (Lipinski definition) is 1. The Morgan fingerprint density at radius 1 is 1.43 bits per heavy atom. The van der Waals surface area contributed by atoms with Crippen molar-refractivity contribution in [1.29, 1.82) is 0 Å². The second-order valence-corrected chi connectivity index (χ2v) is 3.34. The van der Waals surface area contributed by atoms with E-state index in [2.05, 4.69) is 5.32 Å². The van der Waals surface area contributed by atoms with Gasteiger partial charge in [-0.3, -0.25) is 4.79 Å². The molecule has 1 aromatic rings. The summed E-state index contributed by atoms with van der Waals surface area (Å²) in [4.78, 5) is 11.8. The van der Waals surface area contributed by atoms with Gasteiger partial charge in [-0.1, -0.05) is 6.07 Å². The minimum Gasteiger partial charge on any atom is -0.496 e. The summed E-state index contributed by atoms with van der Waals surface area (Å²) in [7, 11) is 1.59. The zero-order valence-corrected chi connectivity index (χ0v) is 8.17. The van der Waals surface area contributed by atoms with Crippen molar-refractivity contribution >= 4 is 11.5 Å². The molecule has 2 rings (SSSR count).